The lowest BCUT2D eigenvalue weighted by atomic mass is 10.1. The van der Waals surface area contributed by atoms with E-state index in [2.05, 4.69) is 17.3 Å². The summed E-state index contributed by atoms with van der Waals surface area (Å²) >= 11 is 0. The van der Waals surface area contributed by atoms with Gasteiger partial charge in [0, 0.05) is 37.9 Å². The molecule has 0 bridgehead atoms. The molecular formula is C17H22ClN5O3. The summed E-state index contributed by atoms with van der Waals surface area (Å²) in [6.07, 6.45) is 3.52. The standard InChI is InChI=1S/C17H21N5O3.ClH/c1-2-5-13-12-18-9-11-20(13)17(23)14-8-10-21(19-14)15-6-3-4-7-16(15)22(24)25;/h3-4,6-8,10,13,18H,2,5,9,11-12H2,1H3;1H. The van der Waals surface area contributed by atoms with E-state index in [9.17, 15) is 14.9 Å². The first-order chi connectivity index (χ1) is 12.1. The molecule has 1 aromatic heterocycles. The Hall–Kier alpha value is -2.45. The van der Waals surface area contributed by atoms with Gasteiger partial charge in [-0.3, -0.25) is 14.9 Å². The number of nitrogens with one attached hydrogen (secondary N) is 1. The van der Waals surface area contributed by atoms with Gasteiger partial charge in [-0.25, -0.2) is 4.68 Å². The number of aromatic nitrogens is 2. The molecule has 1 amide bonds. The second kappa shape index (κ2) is 8.77. The number of amides is 1. The van der Waals surface area contributed by atoms with Gasteiger partial charge in [0.25, 0.3) is 11.6 Å². The van der Waals surface area contributed by atoms with Crippen molar-refractivity contribution >= 4 is 24.0 Å². The zero-order valence-corrected chi connectivity index (χ0v) is 15.3. The van der Waals surface area contributed by atoms with E-state index in [0.717, 1.165) is 25.9 Å². The molecule has 3 rings (SSSR count). The van der Waals surface area contributed by atoms with Crippen LogP contribution in [-0.2, 0) is 0 Å². The van der Waals surface area contributed by atoms with Crippen LogP contribution < -0.4 is 5.32 Å². The van der Waals surface area contributed by atoms with Crippen LogP contribution in [0.3, 0.4) is 0 Å². The van der Waals surface area contributed by atoms with Gasteiger partial charge >= 0.3 is 0 Å². The summed E-state index contributed by atoms with van der Waals surface area (Å²) in [5.74, 6) is -0.128. The summed E-state index contributed by atoms with van der Waals surface area (Å²) in [6, 6.07) is 8.12. The van der Waals surface area contributed by atoms with Gasteiger partial charge in [0.05, 0.1) is 4.92 Å². The number of carbonyl (C=O) groups excluding carboxylic acids is 1. The molecule has 2 aromatic rings. The highest BCUT2D eigenvalue weighted by Crippen LogP contribution is 2.22. The molecule has 1 N–H and O–H groups in total. The Labute approximate surface area is 157 Å². The Morgan fingerprint density at radius 2 is 2.15 bits per heavy atom. The minimum Gasteiger partial charge on any atom is -0.332 e. The molecule has 8 nitrogen and oxygen atoms in total. The van der Waals surface area contributed by atoms with Gasteiger partial charge in [0.1, 0.15) is 5.69 Å². The molecule has 1 aliphatic rings. The molecule has 0 spiro atoms. The first-order valence-corrected chi connectivity index (χ1v) is 8.43. The van der Waals surface area contributed by atoms with Gasteiger partial charge in [-0.05, 0) is 18.6 Å². The molecule has 9 heteroatoms. The summed E-state index contributed by atoms with van der Waals surface area (Å²) in [5.41, 5.74) is 0.605. The molecule has 1 aromatic carbocycles. The highest BCUT2D eigenvalue weighted by Gasteiger charge is 2.28. The van der Waals surface area contributed by atoms with E-state index < -0.39 is 4.92 Å². The van der Waals surface area contributed by atoms with Gasteiger partial charge in [0.2, 0.25) is 0 Å². The van der Waals surface area contributed by atoms with Crippen LogP contribution in [-0.4, -0.2) is 51.2 Å². The molecular weight excluding hydrogens is 358 g/mol. The van der Waals surface area contributed by atoms with E-state index in [4.69, 9.17) is 0 Å². The molecule has 0 radical (unpaired) electrons. The van der Waals surface area contributed by atoms with Crippen LogP contribution in [0.2, 0.25) is 0 Å². The summed E-state index contributed by atoms with van der Waals surface area (Å²) < 4.78 is 1.39. The van der Waals surface area contributed by atoms with Crippen molar-refractivity contribution in [1.29, 1.82) is 0 Å². The van der Waals surface area contributed by atoms with E-state index in [1.54, 1.807) is 30.5 Å². The highest BCUT2D eigenvalue weighted by molar-refractivity contribution is 5.92. The van der Waals surface area contributed by atoms with Crippen molar-refractivity contribution in [2.75, 3.05) is 19.6 Å². The average molecular weight is 380 g/mol. The fraction of sp³-hybridized carbons (Fsp3) is 0.412. The fourth-order valence-electron chi connectivity index (χ4n) is 3.15. The molecule has 0 saturated carbocycles. The molecule has 140 valence electrons. The number of halogens is 1. The van der Waals surface area contributed by atoms with Gasteiger partial charge < -0.3 is 10.2 Å². The third kappa shape index (κ3) is 4.03. The number of nitro groups is 1. The summed E-state index contributed by atoms with van der Waals surface area (Å²) in [4.78, 5) is 25.4. The number of nitrogens with zero attached hydrogens (tertiary/aromatic N) is 4. The minimum absolute atomic E-state index is 0. The maximum atomic E-state index is 12.8. The number of hydrogen-bond donors (Lipinski definition) is 1. The zero-order chi connectivity index (χ0) is 17.8. The van der Waals surface area contributed by atoms with Crippen LogP contribution in [0.1, 0.15) is 30.3 Å². The van der Waals surface area contributed by atoms with Crippen LogP contribution in [0.4, 0.5) is 5.69 Å². The van der Waals surface area contributed by atoms with Gasteiger partial charge in [-0.15, -0.1) is 12.4 Å². The third-order valence-electron chi connectivity index (χ3n) is 4.37. The van der Waals surface area contributed by atoms with E-state index in [-0.39, 0.29) is 30.0 Å². The second-order valence-electron chi connectivity index (χ2n) is 6.04. The van der Waals surface area contributed by atoms with Crippen LogP contribution in [0, 0.1) is 10.1 Å². The van der Waals surface area contributed by atoms with Crippen molar-refractivity contribution in [2.24, 2.45) is 0 Å². The number of rotatable bonds is 5. The lowest BCUT2D eigenvalue weighted by Gasteiger charge is -2.35. The molecule has 1 aliphatic heterocycles. The Bertz CT molecular complexity index is 777. The number of benzene rings is 1. The van der Waals surface area contributed by atoms with Crippen molar-refractivity contribution in [3.05, 3.63) is 52.3 Å². The van der Waals surface area contributed by atoms with E-state index >= 15 is 0 Å². The zero-order valence-electron chi connectivity index (χ0n) is 14.5. The predicted molar refractivity (Wildman–Crippen MR) is 100 cm³/mol. The first kappa shape index (κ1) is 19.9. The summed E-state index contributed by atoms with van der Waals surface area (Å²) in [6.45, 7) is 4.28. The first-order valence-electron chi connectivity index (χ1n) is 8.43. The monoisotopic (exact) mass is 379 g/mol. The molecule has 2 heterocycles. The quantitative estimate of drug-likeness (QED) is 0.636. The largest absolute Gasteiger partial charge is 0.332 e. The van der Waals surface area contributed by atoms with Crippen molar-refractivity contribution in [3.63, 3.8) is 0 Å². The smallest absolute Gasteiger partial charge is 0.294 e. The number of hydrogen-bond acceptors (Lipinski definition) is 5. The lowest BCUT2D eigenvalue weighted by molar-refractivity contribution is -0.384. The maximum Gasteiger partial charge on any atom is 0.294 e. The molecule has 1 atom stereocenters. The molecule has 1 fully saturated rings. The van der Waals surface area contributed by atoms with Crippen LogP contribution in [0.5, 0.6) is 0 Å². The highest BCUT2D eigenvalue weighted by atomic mass is 35.5. The summed E-state index contributed by atoms with van der Waals surface area (Å²) in [5, 5.41) is 18.8. The Morgan fingerprint density at radius 1 is 1.38 bits per heavy atom. The summed E-state index contributed by atoms with van der Waals surface area (Å²) in [7, 11) is 0. The maximum absolute atomic E-state index is 12.8. The molecule has 1 saturated heterocycles. The van der Waals surface area contributed by atoms with Crippen molar-refractivity contribution in [3.8, 4) is 5.69 Å². The number of para-hydroxylation sites is 2. The molecule has 1 unspecified atom stereocenters. The Balaban J connectivity index is 0.00000243. The van der Waals surface area contributed by atoms with Crippen molar-refractivity contribution in [2.45, 2.75) is 25.8 Å². The van der Waals surface area contributed by atoms with E-state index in [1.165, 1.54) is 10.7 Å². The number of nitro benzene ring substituents is 1. The van der Waals surface area contributed by atoms with Crippen LogP contribution in [0.15, 0.2) is 36.5 Å². The number of piperazine rings is 1. The number of carbonyl (C=O) groups is 1. The Morgan fingerprint density at radius 3 is 2.88 bits per heavy atom. The van der Waals surface area contributed by atoms with Crippen LogP contribution in [0.25, 0.3) is 5.69 Å². The van der Waals surface area contributed by atoms with Crippen molar-refractivity contribution in [1.82, 2.24) is 20.0 Å². The lowest BCUT2D eigenvalue weighted by Crippen LogP contribution is -2.53. The van der Waals surface area contributed by atoms with Crippen molar-refractivity contribution < 1.29 is 9.72 Å². The average Bonchev–Trinajstić information content (AvgIpc) is 3.12. The van der Waals surface area contributed by atoms with Gasteiger partial charge in [-0.1, -0.05) is 25.5 Å². The second-order valence-corrected chi connectivity index (χ2v) is 6.04. The normalized spacial score (nSPS) is 16.8. The van der Waals surface area contributed by atoms with Gasteiger partial charge in [-0.2, -0.15) is 5.10 Å². The van der Waals surface area contributed by atoms with E-state index in [0.29, 0.717) is 17.9 Å². The molecule has 0 aliphatic carbocycles. The minimum atomic E-state index is -0.452. The molecule has 26 heavy (non-hydrogen) atoms. The van der Waals surface area contributed by atoms with Gasteiger partial charge in [0.15, 0.2) is 5.69 Å². The topological polar surface area (TPSA) is 93.3 Å². The SMILES string of the molecule is CCCC1CNCCN1C(=O)c1ccn(-c2ccccc2[N+](=O)[O-])n1.Cl. The third-order valence-corrected chi connectivity index (χ3v) is 4.37. The van der Waals surface area contributed by atoms with Crippen LogP contribution >= 0.6 is 12.4 Å². The van der Waals surface area contributed by atoms with E-state index in [1.807, 2.05) is 4.90 Å². The predicted octanol–water partition coefficient (Wildman–Crippen LogP) is 2.42. The Kier molecular flexibility index (Phi) is 6.70. The fourth-order valence-corrected chi connectivity index (χ4v) is 3.15.